The number of rotatable bonds is 3. The molecule has 1 aromatic heterocycles. The predicted octanol–water partition coefficient (Wildman–Crippen LogP) is 2.90. The Balaban J connectivity index is 1.89. The highest BCUT2D eigenvalue weighted by Crippen LogP contribution is 2.34. The fourth-order valence-electron chi connectivity index (χ4n) is 2.60. The molecule has 1 aliphatic rings. The van der Waals surface area contributed by atoms with Gasteiger partial charge in [0.1, 0.15) is 5.82 Å². The predicted molar refractivity (Wildman–Crippen MR) is 79.5 cm³/mol. The molecule has 3 rings (SSSR count). The molecule has 7 heteroatoms. The van der Waals surface area contributed by atoms with Gasteiger partial charge in [0.15, 0.2) is 11.5 Å². The van der Waals surface area contributed by atoms with Crippen molar-refractivity contribution >= 4 is 11.9 Å². The molecular weight excluding hydrogens is 288 g/mol. The first kappa shape index (κ1) is 14.6. The van der Waals surface area contributed by atoms with Gasteiger partial charge in [-0.2, -0.15) is 15.0 Å². The van der Waals surface area contributed by atoms with Crippen molar-refractivity contribution in [3.63, 3.8) is 0 Å². The number of nitrogen functional groups attached to an aromatic ring is 1. The van der Waals surface area contributed by atoms with E-state index in [1.54, 1.807) is 6.07 Å². The molecule has 0 bridgehead atoms. The third-order valence-corrected chi connectivity index (χ3v) is 3.67. The van der Waals surface area contributed by atoms with Gasteiger partial charge in [-0.25, -0.2) is 8.78 Å². The highest BCUT2D eigenvalue weighted by molar-refractivity contribution is 5.42. The summed E-state index contributed by atoms with van der Waals surface area (Å²) in [6.07, 6.45) is 1.63. The first-order chi connectivity index (χ1) is 10.3. The molecule has 2 aromatic rings. The van der Waals surface area contributed by atoms with Crippen molar-refractivity contribution < 1.29 is 8.78 Å². The van der Waals surface area contributed by atoms with Crippen LogP contribution in [0.5, 0.6) is 0 Å². The van der Waals surface area contributed by atoms with Crippen LogP contribution in [-0.2, 0) is 12.1 Å². The number of nitrogens with zero attached hydrogens (tertiary/aromatic N) is 3. The Morgan fingerprint density at radius 3 is 2.77 bits per heavy atom. The van der Waals surface area contributed by atoms with Crippen molar-refractivity contribution in [3.05, 3.63) is 41.0 Å². The smallest absolute Gasteiger partial charge is 0.228 e. The van der Waals surface area contributed by atoms with Gasteiger partial charge in [-0.1, -0.05) is 6.07 Å². The van der Waals surface area contributed by atoms with Crippen molar-refractivity contribution in [2.45, 2.75) is 38.4 Å². The number of aromatic nitrogens is 3. The highest BCUT2D eigenvalue weighted by atomic mass is 19.1. The largest absolute Gasteiger partial charge is 0.368 e. The number of hydrogen-bond acceptors (Lipinski definition) is 5. The Hall–Kier alpha value is -2.31. The molecule has 0 fully saturated rings. The lowest BCUT2D eigenvalue weighted by atomic mass is 10.1. The lowest BCUT2D eigenvalue weighted by Gasteiger charge is -2.17. The number of nitrogens with two attached hydrogens (primary N) is 1. The number of nitrogens with one attached hydrogen (secondary N) is 1. The molecule has 0 radical (unpaired) electrons. The number of aryl methyl sites for hydroxylation is 1. The fourth-order valence-corrected chi connectivity index (χ4v) is 2.60. The van der Waals surface area contributed by atoms with Crippen molar-refractivity contribution in [1.82, 2.24) is 15.0 Å². The fraction of sp³-hybridized carbons (Fsp3) is 0.400. The molecule has 1 heterocycles. The summed E-state index contributed by atoms with van der Waals surface area (Å²) in [5.41, 5.74) is 5.87. The summed E-state index contributed by atoms with van der Waals surface area (Å²) in [6.45, 7) is 2.71. The third-order valence-electron chi connectivity index (χ3n) is 3.67. The van der Waals surface area contributed by atoms with Gasteiger partial charge in [0.2, 0.25) is 11.9 Å². The van der Waals surface area contributed by atoms with Crippen LogP contribution >= 0.6 is 0 Å². The second-order valence-corrected chi connectivity index (χ2v) is 5.89. The summed E-state index contributed by atoms with van der Waals surface area (Å²) >= 11 is 0. The van der Waals surface area contributed by atoms with E-state index in [0.29, 0.717) is 0 Å². The van der Waals surface area contributed by atoms with Gasteiger partial charge >= 0.3 is 0 Å². The topological polar surface area (TPSA) is 76.7 Å². The molecule has 0 saturated heterocycles. The minimum absolute atomic E-state index is 0.0278. The van der Waals surface area contributed by atoms with Crippen molar-refractivity contribution in [2.24, 2.45) is 0 Å². The highest BCUT2D eigenvalue weighted by Gasteiger charge is 2.27. The molecule has 0 saturated carbocycles. The van der Waals surface area contributed by atoms with Crippen LogP contribution in [0.2, 0.25) is 0 Å². The maximum absolute atomic E-state index is 14.0. The average Bonchev–Trinajstić information content (AvgIpc) is 2.80. The summed E-state index contributed by atoms with van der Waals surface area (Å²) < 4.78 is 27.4. The maximum Gasteiger partial charge on any atom is 0.228 e. The number of anilines is 2. The first-order valence-corrected chi connectivity index (χ1v) is 7.09. The zero-order valence-corrected chi connectivity index (χ0v) is 12.4. The normalized spacial score (nSPS) is 17.4. The molecule has 0 unspecified atom stereocenters. The van der Waals surface area contributed by atoms with E-state index in [1.807, 2.05) is 0 Å². The van der Waals surface area contributed by atoms with E-state index >= 15 is 0 Å². The second-order valence-electron chi connectivity index (χ2n) is 5.89. The summed E-state index contributed by atoms with van der Waals surface area (Å²) in [6, 6.07) is 4.61. The van der Waals surface area contributed by atoms with Crippen LogP contribution in [0, 0.1) is 5.82 Å². The minimum atomic E-state index is -1.72. The third kappa shape index (κ3) is 2.84. The zero-order valence-electron chi connectivity index (χ0n) is 12.4. The van der Waals surface area contributed by atoms with Crippen molar-refractivity contribution in [1.29, 1.82) is 0 Å². The Bertz CT molecular complexity index is 712. The van der Waals surface area contributed by atoms with Crippen molar-refractivity contribution in [2.75, 3.05) is 11.1 Å². The molecule has 1 aromatic carbocycles. The lowest BCUT2D eigenvalue weighted by Crippen LogP contribution is -2.19. The SMILES string of the molecule is CC(C)(F)c1nc(N)nc(N[C@H]2CCc3ccc(F)cc32)n1. The van der Waals surface area contributed by atoms with E-state index in [1.165, 1.54) is 26.0 Å². The molecule has 0 spiro atoms. The molecule has 5 nitrogen and oxygen atoms in total. The first-order valence-electron chi connectivity index (χ1n) is 7.09. The van der Waals surface area contributed by atoms with Crippen LogP contribution in [-0.4, -0.2) is 15.0 Å². The summed E-state index contributed by atoms with van der Waals surface area (Å²) in [7, 11) is 0. The van der Waals surface area contributed by atoms with Crippen LogP contribution in [0.25, 0.3) is 0 Å². The standard InChI is InChI=1S/C15H17F2N5/c1-15(2,17)12-20-13(18)22-14(21-12)19-11-6-4-8-3-5-9(16)7-10(8)11/h3,5,7,11H,4,6H2,1-2H3,(H3,18,19,20,21,22)/t11-/m0/s1. The maximum atomic E-state index is 14.0. The molecule has 1 aliphatic carbocycles. The van der Waals surface area contributed by atoms with Crippen LogP contribution in [0.1, 0.15) is 43.3 Å². The molecule has 3 N–H and O–H groups in total. The van der Waals surface area contributed by atoms with E-state index in [9.17, 15) is 8.78 Å². The van der Waals surface area contributed by atoms with E-state index in [4.69, 9.17) is 5.73 Å². The zero-order chi connectivity index (χ0) is 15.9. The minimum Gasteiger partial charge on any atom is -0.368 e. The Kier molecular flexibility index (Phi) is 3.42. The monoisotopic (exact) mass is 305 g/mol. The van der Waals surface area contributed by atoms with Gasteiger partial charge < -0.3 is 11.1 Å². The van der Waals surface area contributed by atoms with Gasteiger partial charge in [-0.15, -0.1) is 0 Å². The van der Waals surface area contributed by atoms with Gasteiger partial charge in [0.25, 0.3) is 0 Å². The van der Waals surface area contributed by atoms with E-state index < -0.39 is 5.67 Å². The van der Waals surface area contributed by atoms with Gasteiger partial charge in [-0.3, -0.25) is 0 Å². The van der Waals surface area contributed by atoms with Gasteiger partial charge in [0.05, 0.1) is 6.04 Å². The van der Waals surface area contributed by atoms with Gasteiger partial charge in [0, 0.05) is 0 Å². The molecule has 0 aliphatic heterocycles. The van der Waals surface area contributed by atoms with Crippen LogP contribution < -0.4 is 11.1 Å². The number of benzene rings is 1. The van der Waals surface area contributed by atoms with Crippen molar-refractivity contribution in [3.8, 4) is 0 Å². The van der Waals surface area contributed by atoms with Crippen LogP contribution in [0.15, 0.2) is 18.2 Å². The Morgan fingerprint density at radius 2 is 2.05 bits per heavy atom. The number of hydrogen-bond donors (Lipinski definition) is 2. The van der Waals surface area contributed by atoms with E-state index in [-0.39, 0.29) is 29.6 Å². The number of halogens is 2. The molecule has 1 atom stereocenters. The lowest BCUT2D eigenvalue weighted by molar-refractivity contribution is 0.206. The number of fused-ring (bicyclic) bond motifs is 1. The van der Waals surface area contributed by atoms with E-state index in [0.717, 1.165) is 24.0 Å². The summed E-state index contributed by atoms with van der Waals surface area (Å²) in [4.78, 5) is 11.9. The van der Waals surface area contributed by atoms with E-state index in [2.05, 4.69) is 20.3 Å². The average molecular weight is 305 g/mol. The number of alkyl halides is 1. The van der Waals surface area contributed by atoms with Gasteiger partial charge in [-0.05, 0) is 49.9 Å². The summed E-state index contributed by atoms with van der Waals surface area (Å²) in [5, 5.41) is 3.10. The second kappa shape index (κ2) is 5.15. The molecule has 0 amide bonds. The van der Waals surface area contributed by atoms with Crippen LogP contribution in [0.3, 0.4) is 0 Å². The quantitative estimate of drug-likeness (QED) is 0.912. The molecule has 22 heavy (non-hydrogen) atoms. The molecular formula is C15H17F2N5. The molecule has 116 valence electrons. The van der Waals surface area contributed by atoms with Crippen LogP contribution in [0.4, 0.5) is 20.7 Å². The Morgan fingerprint density at radius 1 is 1.27 bits per heavy atom. The Labute approximate surface area is 127 Å². The summed E-state index contributed by atoms with van der Waals surface area (Å²) in [5.74, 6) is -0.154.